The first-order valence-electron chi connectivity index (χ1n) is 36.6. The molecule has 36 heteroatoms. The predicted molar refractivity (Wildman–Crippen MR) is 425 cm³/mol. The third-order valence-corrected chi connectivity index (χ3v) is 20.5. The highest BCUT2D eigenvalue weighted by atomic mass is 35.5. The highest BCUT2D eigenvalue weighted by Crippen LogP contribution is 2.42. The summed E-state index contributed by atoms with van der Waals surface area (Å²) < 4.78 is 176. The molecule has 0 saturated carbocycles. The van der Waals surface area contributed by atoms with Crippen LogP contribution in [0.15, 0.2) is 170 Å². The number of carboxylic acid groups (broad SMARTS) is 1. The molecule has 13 rings (SSSR count). The van der Waals surface area contributed by atoms with Crippen LogP contribution in [0.2, 0.25) is 20.1 Å². The number of β-amino-alcohol motifs (C(OH)–C–C–N with tert-alkyl or cyclic N) is 1. The van der Waals surface area contributed by atoms with Crippen LogP contribution < -0.4 is 26.6 Å². The molecule has 4 atom stereocenters. The number of nitrogens with zero attached hydrogens (tertiary/aromatic N) is 3. The van der Waals surface area contributed by atoms with Crippen LogP contribution in [-0.2, 0) is 47.6 Å². The molecule has 0 bridgehead atoms. The lowest BCUT2D eigenvalue weighted by molar-refractivity contribution is -0.166. The molecule has 5 aliphatic rings. The third kappa shape index (κ3) is 23.4. The highest BCUT2D eigenvalue weighted by molar-refractivity contribution is 6.33. The molecule has 3 saturated heterocycles. The number of amides is 7. The van der Waals surface area contributed by atoms with Crippen molar-refractivity contribution in [1.82, 2.24) is 20.0 Å². The number of aliphatic carboxylic acids is 1. The van der Waals surface area contributed by atoms with Gasteiger partial charge < -0.3 is 61.3 Å². The minimum atomic E-state index is -4.24. The Hall–Kier alpha value is -10.8. The van der Waals surface area contributed by atoms with Crippen molar-refractivity contribution in [2.75, 3.05) is 73.6 Å². The number of piperidine rings is 2. The number of carboxylic acids is 1. The number of hydrogen-bond donors (Lipinski definition) is 8. The predicted octanol–water partition coefficient (Wildman–Crippen LogP) is 16.9. The first-order valence-corrected chi connectivity index (χ1v) is 38.2. The largest absolute Gasteiger partial charge is 0.477 e. The fraction of sp³-hybridized carbons (Fsp3) is 0.286. The molecule has 0 spiro atoms. The number of likely N-dealkylation sites (tertiary alicyclic amines) is 2. The number of rotatable bonds is 16. The van der Waals surface area contributed by atoms with Crippen molar-refractivity contribution in [3.8, 4) is 0 Å². The van der Waals surface area contributed by atoms with Crippen molar-refractivity contribution in [3.63, 3.8) is 0 Å². The smallest absolute Gasteiger partial charge is 0.379 e. The molecular formula is C84H76Cl4F12N8O12. The minimum absolute atomic E-state index is 0.0454. The van der Waals surface area contributed by atoms with Gasteiger partial charge in [0, 0.05) is 90.8 Å². The summed E-state index contributed by atoms with van der Waals surface area (Å²) in [5, 5.41) is 39.4. The van der Waals surface area contributed by atoms with Crippen LogP contribution in [0.25, 0.3) is 0 Å². The molecule has 8 aromatic carbocycles. The number of fused-ring (bicyclic) bond motifs is 1. The number of carbonyl (C=O) groups is 8. The molecule has 3 fully saturated rings. The monoisotopic (exact) mass is 1760 g/mol. The van der Waals surface area contributed by atoms with Gasteiger partial charge in [-0.3, -0.25) is 33.6 Å². The summed E-state index contributed by atoms with van der Waals surface area (Å²) in [5.41, 5.74) is -1.52. The van der Waals surface area contributed by atoms with Crippen molar-refractivity contribution >= 4 is 116 Å². The maximum atomic E-state index is 15.0. The molecule has 2 unspecified atom stereocenters. The van der Waals surface area contributed by atoms with Gasteiger partial charge >= 0.3 is 29.7 Å². The maximum Gasteiger partial charge on any atom is 0.379 e. The number of epoxide rings is 1. The summed E-state index contributed by atoms with van der Waals surface area (Å²) in [6.45, 7) is 8.27. The maximum absolute atomic E-state index is 15.0. The fourth-order valence-corrected chi connectivity index (χ4v) is 13.2. The average molecular weight is 1760 g/mol. The van der Waals surface area contributed by atoms with E-state index >= 15 is 8.78 Å². The molecule has 636 valence electrons. The topological polar surface area (TPSA) is 280 Å². The summed E-state index contributed by atoms with van der Waals surface area (Å²) in [4.78, 5) is 100. The zero-order valence-corrected chi connectivity index (χ0v) is 66.9. The Morgan fingerprint density at radius 1 is 0.400 bits per heavy atom. The molecule has 120 heavy (non-hydrogen) atoms. The standard InChI is InChI=1S/C21H20ClF3N2O4.C21H18ClF3N2O3.C21H18ClF3N2O2.C16H11ClF3NO3.C5H9N/c1-11-8-13(3-5-16(11)23)26-19(30)12-2-4-15(22)14(9-12)21(24,25)20(31)27-7-6-17(28)18(29)10-27;1-11-8-13(3-5-16(11)23)26-19(28)12-2-4-15(22)14(9-12)21(24,25)20(29)27-7-6-17-18(10-27)30-17;1-13-11-15(6-8-18(13)23)26-19(28)14-5-7-17(22)16(12-14)21(24,25)20(29)27-9-3-2-4-10-27;1-8-6-10(3-5-13(8)18)21-14(22)9-2-4-12(17)11(7-9)16(19,20)15(23)24;1-2-4-6-5-3-1/h2-5,8-9,17-18,28-29H,6-7,10H2,1H3,(H,26,30);2-5,8-9,17-18H,6-7,10H2,1H3,(H,26,28);2-3,5-8,11-12H,4,9-10H2,1H3,(H,26,28);2-7H,1H3,(H,21,22)(H,23,24);1-2,6H,3-5H2/t17-,18-;;;;/m1..../s1. The van der Waals surface area contributed by atoms with Crippen LogP contribution in [0.1, 0.15) is 112 Å². The van der Waals surface area contributed by atoms with E-state index in [0.29, 0.717) is 52.5 Å². The van der Waals surface area contributed by atoms with Gasteiger partial charge in [0.25, 0.3) is 41.4 Å². The Morgan fingerprint density at radius 2 is 0.733 bits per heavy atom. The molecule has 5 heterocycles. The molecule has 8 aromatic rings. The fourth-order valence-electron chi connectivity index (χ4n) is 12.3. The van der Waals surface area contributed by atoms with E-state index in [-0.39, 0.29) is 95.0 Å². The van der Waals surface area contributed by atoms with Gasteiger partial charge in [-0.25, -0.2) is 22.4 Å². The van der Waals surface area contributed by atoms with Gasteiger partial charge in [-0.05, 0) is 228 Å². The number of aliphatic hydroxyl groups excluding tert-OH is 2. The van der Waals surface area contributed by atoms with Crippen LogP contribution in [0.4, 0.5) is 75.4 Å². The molecule has 5 aliphatic heterocycles. The summed E-state index contributed by atoms with van der Waals surface area (Å²) in [6.07, 6.45) is 7.43. The van der Waals surface area contributed by atoms with E-state index in [9.17, 15) is 92.5 Å². The van der Waals surface area contributed by atoms with Crippen molar-refractivity contribution in [2.24, 2.45) is 0 Å². The number of aliphatic hydroxyl groups is 2. The third-order valence-electron chi connectivity index (χ3n) is 19.2. The van der Waals surface area contributed by atoms with Crippen molar-refractivity contribution in [2.45, 2.75) is 101 Å². The number of hydrogen-bond acceptors (Lipinski definition) is 12. The van der Waals surface area contributed by atoms with Crippen LogP contribution in [0.3, 0.4) is 0 Å². The Bertz CT molecular complexity index is 5270. The number of halogens is 16. The number of anilines is 4. The summed E-state index contributed by atoms with van der Waals surface area (Å²) in [5.74, 6) is -27.4. The Labute approximate surface area is 699 Å². The number of benzene rings is 8. The lowest BCUT2D eigenvalue weighted by atomic mass is 10.0. The Balaban J connectivity index is 0.000000178. The van der Waals surface area contributed by atoms with Crippen LogP contribution in [0.5, 0.6) is 0 Å². The first-order chi connectivity index (χ1) is 56.5. The second-order valence-corrected chi connectivity index (χ2v) is 29.6. The second kappa shape index (κ2) is 40.0. The van der Waals surface area contributed by atoms with E-state index in [1.54, 1.807) is 6.08 Å². The Kier molecular flexibility index (Phi) is 31.0. The van der Waals surface area contributed by atoms with Crippen molar-refractivity contribution in [3.05, 3.63) is 280 Å². The normalized spacial score (nSPS) is 16.8. The van der Waals surface area contributed by atoms with Gasteiger partial charge in [0.15, 0.2) is 0 Å². The first kappa shape index (κ1) is 93.0. The second-order valence-electron chi connectivity index (χ2n) is 28.0. The molecule has 7 amide bonds. The minimum Gasteiger partial charge on any atom is -0.477 e. The van der Waals surface area contributed by atoms with Gasteiger partial charge in [-0.15, -0.1) is 0 Å². The SMILES string of the molecule is C1=CCNCC1.Cc1cc(NC(=O)c2ccc(Cl)c(C(F)(F)C(=O)N3CC=CCC3)c2)ccc1F.Cc1cc(NC(=O)c2ccc(Cl)c(C(F)(F)C(=O)N3CCC4OC4C3)c2)ccc1F.Cc1cc(NC(=O)c2ccc(Cl)c(C(F)(F)C(=O)N3CC[C@@H](O)[C@H](O)C3)c2)ccc1F.Cc1cc(NC(=O)c2ccc(Cl)c(C(F)(F)C(=O)O)c2)ccc1F. The van der Waals surface area contributed by atoms with Gasteiger partial charge in [0.2, 0.25) is 0 Å². The van der Waals surface area contributed by atoms with E-state index in [0.717, 1.165) is 82.4 Å². The zero-order valence-electron chi connectivity index (χ0n) is 63.9. The molecule has 8 N–H and O–H groups in total. The molecule has 0 aliphatic carbocycles. The lowest BCUT2D eigenvalue weighted by Crippen LogP contribution is -2.52. The van der Waals surface area contributed by atoms with Gasteiger partial charge in [0.1, 0.15) is 29.4 Å². The average Bonchev–Trinajstić information content (AvgIpc) is 1.54. The quantitative estimate of drug-likeness (QED) is 0.0254. The molecule has 0 aromatic heterocycles. The van der Waals surface area contributed by atoms with E-state index < -0.39 is 145 Å². The number of ether oxygens (including phenoxy) is 1. The van der Waals surface area contributed by atoms with E-state index in [2.05, 4.69) is 38.7 Å². The highest BCUT2D eigenvalue weighted by Gasteiger charge is 2.52. The number of nitrogens with one attached hydrogen (secondary N) is 5. The lowest BCUT2D eigenvalue weighted by Gasteiger charge is -2.35. The summed E-state index contributed by atoms with van der Waals surface area (Å²) >= 11 is 23.4. The number of aryl methyl sites for hydroxylation is 4. The number of alkyl halides is 8. The van der Waals surface area contributed by atoms with E-state index in [4.69, 9.17) is 56.2 Å². The van der Waals surface area contributed by atoms with Crippen LogP contribution >= 0.6 is 46.4 Å². The summed E-state index contributed by atoms with van der Waals surface area (Å²) in [6, 6.07) is 28.4. The van der Waals surface area contributed by atoms with Crippen molar-refractivity contribution in [1.29, 1.82) is 0 Å². The van der Waals surface area contributed by atoms with Crippen LogP contribution in [-0.4, -0.2) is 154 Å². The van der Waals surface area contributed by atoms with Gasteiger partial charge in [-0.1, -0.05) is 70.7 Å². The molecular weight excluding hydrogens is 1680 g/mol. The molecule has 0 radical (unpaired) electrons. The molecule has 20 nitrogen and oxygen atoms in total. The Morgan fingerprint density at radius 3 is 1.02 bits per heavy atom. The van der Waals surface area contributed by atoms with Crippen molar-refractivity contribution < 1.29 is 111 Å². The van der Waals surface area contributed by atoms with E-state index in [1.807, 2.05) is 6.08 Å². The number of carbonyl (C=O) groups excluding carboxylic acids is 7. The summed E-state index contributed by atoms with van der Waals surface area (Å²) in [7, 11) is 0. The zero-order chi connectivity index (χ0) is 88.0. The van der Waals surface area contributed by atoms with Crippen LogP contribution in [0, 0.1) is 51.0 Å². The van der Waals surface area contributed by atoms with E-state index in [1.165, 1.54) is 119 Å². The van der Waals surface area contributed by atoms with Gasteiger partial charge in [0.05, 0.1) is 60.7 Å². The van der Waals surface area contributed by atoms with Gasteiger partial charge in [-0.2, -0.15) is 35.1 Å².